The number of benzene rings is 1. The van der Waals surface area contributed by atoms with E-state index in [4.69, 9.17) is 23.2 Å². The van der Waals surface area contributed by atoms with Gasteiger partial charge in [-0.3, -0.25) is 14.5 Å². The quantitative estimate of drug-likeness (QED) is 0.399. The van der Waals surface area contributed by atoms with E-state index in [9.17, 15) is 9.59 Å². The lowest BCUT2D eigenvalue weighted by Crippen LogP contribution is -2.39. The standard InChI is InChI=1S/C24H27Cl2NO2S/c1-3-5-17(7-4-6-16(2)18-8-9-20(25)21(26)12-18)22(28)15-27-11-10-23-19(14-27)13-24(29)30-23/h7-9,12-13,23H,2-6,10-11,14-15H2,1H3/b17-7+. The van der Waals surface area contributed by atoms with Crippen molar-refractivity contribution >= 4 is 51.4 Å². The Balaban J connectivity index is 1.56. The van der Waals surface area contributed by atoms with E-state index in [0.717, 1.165) is 61.9 Å². The Labute approximate surface area is 193 Å². The first-order chi connectivity index (χ1) is 14.4. The second-order valence-corrected chi connectivity index (χ2v) is 9.84. The molecule has 0 amide bonds. The number of thioether (sulfide) groups is 1. The van der Waals surface area contributed by atoms with Crippen molar-refractivity contribution in [3.8, 4) is 0 Å². The fourth-order valence-corrected chi connectivity index (χ4v) is 5.18. The van der Waals surface area contributed by atoms with Crippen molar-refractivity contribution in [2.24, 2.45) is 0 Å². The van der Waals surface area contributed by atoms with Crippen LogP contribution in [0.2, 0.25) is 10.0 Å². The average molecular weight is 464 g/mol. The molecule has 2 aliphatic heterocycles. The first kappa shape index (κ1) is 23.3. The van der Waals surface area contributed by atoms with Crippen molar-refractivity contribution in [1.29, 1.82) is 0 Å². The van der Waals surface area contributed by atoms with Crippen LogP contribution in [-0.2, 0) is 9.59 Å². The summed E-state index contributed by atoms with van der Waals surface area (Å²) in [5, 5.41) is 1.53. The number of fused-ring (bicyclic) bond motifs is 1. The van der Waals surface area contributed by atoms with E-state index in [-0.39, 0.29) is 10.9 Å². The number of allylic oxidation sites excluding steroid dienone is 2. The average Bonchev–Trinajstić information content (AvgIpc) is 3.08. The topological polar surface area (TPSA) is 37.4 Å². The van der Waals surface area contributed by atoms with Gasteiger partial charge in [0.25, 0.3) is 0 Å². The van der Waals surface area contributed by atoms with Crippen molar-refractivity contribution in [3.05, 3.63) is 63.7 Å². The third-order valence-electron chi connectivity index (χ3n) is 5.50. The Bertz CT molecular complexity index is 906. The number of piperidine rings is 1. The number of hydrogen-bond donors (Lipinski definition) is 0. The molecular weight excluding hydrogens is 437 g/mol. The van der Waals surface area contributed by atoms with Crippen molar-refractivity contribution in [2.75, 3.05) is 19.6 Å². The summed E-state index contributed by atoms with van der Waals surface area (Å²) < 4.78 is 0. The number of nitrogens with zero attached hydrogens (tertiary/aromatic N) is 1. The number of ketones is 1. The molecule has 1 saturated heterocycles. The lowest BCUT2D eigenvalue weighted by molar-refractivity contribution is -0.116. The summed E-state index contributed by atoms with van der Waals surface area (Å²) in [6.45, 7) is 8.25. The molecular formula is C24H27Cl2NO2S. The minimum Gasteiger partial charge on any atom is -0.293 e. The molecule has 1 aromatic carbocycles. The zero-order valence-electron chi connectivity index (χ0n) is 17.3. The molecule has 1 atom stereocenters. The van der Waals surface area contributed by atoms with E-state index in [2.05, 4.69) is 24.5 Å². The molecule has 30 heavy (non-hydrogen) atoms. The first-order valence-corrected chi connectivity index (χ1v) is 12.0. The molecule has 6 heteroatoms. The summed E-state index contributed by atoms with van der Waals surface area (Å²) >= 11 is 13.5. The second-order valence-electron chi connectivity index (χ2n) is 7.82. The molecule has 160 valence electrons. The van der Waals surface area contributed by atoms with E-state index in [1.165, 1.54) is 17.3 Å². The van der Waals surface area contributed by atoms with Crippen LogP contribution in [0.4, 0.5) is 0 Å². The van der Waals surface area contributed by atoms with Crippen LogP contribution in [0.1, 0.15) is 44.6 Å². The van der Waals surface area contributed by atoms with E-state index in [1.54, 1.807) is 12.1 Å². The van der Waals surface area contributed by atoms with Crippen LogP contribution in [0.3, 0.4) is 0 Å². The molecule has 0 saturated carbocycles. The molecule has 1 fully saturated rings. The Morgan fingerprint density at radius 2 is 2.10 bits per heavy atom. The summed E-state index contributed by atoms with van der Waals surface area (Å²) in [4.78, 5) is 26.7. The first-order valence-electron chi connectivity index (χ1n) is 10.4. The van der Waals surface area contributed by atoms with Gasteiger partial charge in [0.05, 0.1) is 16.6 Å². The molecule has 0 bridgehead atoms. The molecule has 1 unspecified atom stereocenters. The molecule has 0 radical (unpaired) electrons. The maximum Gasteiger partial charge on any atom is 0.212 e. The van der Waals surface area contributed by atoms with Crippen molar-refractivity contribution in [3.63, 3.8) is 0 Å². The van der Waals surface area contributed by atoms with Crippen molar-refractivity contribution in [1.82, 2.24) is 4.90 Å². The zero-order chi connectivity index (χ0) is 21.7. The number of carbonyl (C=O) groups excluding carboxylic acids is 2. The number of rotatable bonds is 9. The maximum atomic E-state index is 12.9. The molecule has 3 rings (SSSR count). The Morgan fingerprint density at radius 1 is 1.30 bits per heavy atom. The summed E-state index contributed by atoms with van der Waals surface area (Å²) in [6, 6.07) is 5.53. The van der Waals surface area contributed by atoms with Gasteiger partial charge in [0.15, 0.2) is 5.78 Å². The molecule has 3 nitrogen and oxygen atoms in total. The van der Waals surface area contributed by atoms with E-state index >= 15 is 0 Å². The van der Waals surface area contributed by atoms with Crippen molar-refractivity contribution in [2.45, 2.75) is 44.3 Å². The summed E-state index contributed by atoms with van der Waals surface area (Å²) in [6.07, 6.45) is 7.99. The Morgan fingerprint density at radius 3 is 2.83 bits per heavy atom. The highest BCUT2D eigenvalue weighted by Crippen LogP contribution is 2.34. The van der Waals surface area contributed by atoms with Gasteiger partial charge in [-0.05, 0) is 66.2 Å². The van der Waals surface area contributed by atoms with Crippen LogP contribution in [0.15, 0.2) is 48.1 Å². The van der Waals surface area contributed by atoms with Crippen LogP contribution in [-0.4, -0.2) is 40.7 Å². The van der Waals surface area contributed by atoms with Gasteiger partial charge < -0.3 is 0 Å². The monoisotopic (exact) mass is 463 g/mol. The minimum absolute atomic E-state index is 0.150. The van der Waals surface area contributed by atoms with E-state index in [0.29, 0.717) is 21.8 Å². The van der Waals surface area contributed by atoms with Gasteiger partial charge in [-0.25, -0.2) is 0 Å². The third-order valence-corrected chi connectivity index (χ3v) is 7.41. The van der Waals surface area contributed by atoms with Gasteiger partial charge in [0.2, 0.25) is 5.12 Å². The molecule has 0 aromatic heterocycles. The summed E-state index contributed by atoms with van der Waals surface area (Å²) in [7, 11) is 0. The SMILES string of the molecule is C=C(CC/C=C(\CCC)C(=O)CN1CCC2SC(=O)C=C2C1)c1ccc(Cl)c(Cl)c1. The maximum absolute atomic E-state index is 12.9. The highest BCUT2D eigenvalue weighted by molar-refractivity contribution is 8.15. The highest BCUT2D eigenvalue weighted by atomic mass is 35.5. The number of likely N-dealkylation sites (tertiary alicyclic amines) is 1. The van der Waals surface area contributed by atoms with Gasteiger partial charge in [0, 0.05) is 18.3 Å². The largest absolute Gasteiger partial charge is 0.293 e. The van der Waals surface area contributed by atoms with Crippen LogP contribution in [0, 0.1) is 0 Å². The van der Waals surface area contributed by atoms with Gasteiger partial charge in [0.1, 0.15) is 0 Å². The van der Waals surface area contributed by atoms with Gasteiger partial charge in [-0.1, -0.05) is 67.0 Å². The van der Waals surface area contributed by atoms with Crippen molar-refractivity contribution < 1.29 is 9.59 Å². The van der Waals surface area contributed by atoms with Gasteiger partial charge in [-0.15, -0.1) is 0 Å². The number of Topliss-reactive ketones (excluding diaryl/α,β-unsaturated/α-hetero) is 1. The third kappa shape index (κ3) is 6.10. The molecule has 0 aliphatic carbocycles. The molecule has 2 aliphatic rings. The minimum atomic E-state index is 0.150. The number of carbonyl (C=O) groups is 2. The highest BCUT2D eigenvalue weighted by Gasteiger charge is 2.31. The number of halogens is 2. The lowest BCUT2D eigenvalue weighted by atomic mass is 9.98. The Kier molecular flexibility index (Phi) is 8.41. The van der Waals surface area contributed by atoms with E-state index in [1.807, 2.05) is 12.1 Å². The Hall–Kier alpha value is -1.33. The predicted molar refractivity (Wildman–Crippen MR) is 128 cm³/mol. The fraction of sp³-hybridized carbons (Fsp3) is 0.417. The van der Waals surface area contributed by atoms with Crippen LogP contribution < -0.4 is 0 Å². The smallest absolute Gasteiger partial charge is 0.212 e. The summed E-state index contributed by atoms with van der Waals surface area (Å²) in [5.41, 5.74) is 4.02. The van der Waals surface area contributed by atoms with Crippen LogP contribution >= 0.6 is 35.0 Å². The molecule has 0 spiro atoms. The lowest BCUT2D eigenvalue weighted by Gasteiger charge is -2.30. The normalized spacial score (nSPS) is 19.6. The predicted octanol–water partition coefficient (Wildman–Crippen LogP) is 6.36. The summed E-state index contributed by atoms with van der Waals surface area (Å²) in [5.74, 6) is 0.188. The van der Waals surface area contributed by atoms with Gasteiger partial charge in [-0.2, -0.15) is 0 Å². The van der Waals surface area contributed by atoms with E-state index < -0.39 is 0 Å². The van der Waals surface area contributed by atoms with Crippen LogP contribution in [0.5, 0.6) is 0 Å². The fourth-order valence-electron chi connectivity index (χ4n) is 3.87. The molecule has 2 heterocycles. The zero-order valence-corrected chi connectivity index (χ0v) is 19.6. The molecule has 0 N–H and O–H groups in total. The second kappa shape index (κ2) is 10.8. The van der Waals surface area contributed by atoms with Gasteiger partial charge >= 0.3 is 0 Å². The van der Waals surface area contributed by atoms with Crippen LogP contribution in [0.25, 0.3) is 5.57 Å². The number of hydrogen-bond acceptors (Lipinski definition) is 4. The molecule has 1 aromatic rings.